The fourth-order valence-electron chi connectivity index (χ4n) is 5.59. The van der Waals surface area contributed by atoms with E-state index in [9.17, 15) is 13.2 Å². The van der Waals surface area contributed by atoms with Gasteiger partial charge in [-0.3, -0.25) is 0 Å². The Labute approximate surface area is 201 Å². The first-order chi connectivity index (χ1) is 16.4. The average molecular weight is 467 g/mol. The number of rotatable bonds is 5. The molecule has 4 rings (SSSR count). The molecular weight excluding hydrogens is 433 g/mol. The third-order valence-electron chi connectivity index (χ3n) is 7.45. The van der Waals surface area contributed by atoms with E-state index in [0.29, 0.717) is 5.56 Å². The van der Waals surface area contributed by atoms with E-state index >= 15 is 0 Å². The van der Waals surface area contributed by atoms with Gasteiger partial charge in [-0.25, -0.2) is 0 Å². The SMILES string of the molecule is C/C=C/CCC1CCC(C2CCc3cc(C#Cc4ccc(OC(F)(F)F)cc4)ccc3C2)CC1. The third-order valence-corrected chi connectivity index (χ3v) is 7.45. The molecule has 0 bridgehead atoms. The molecule has 1 unspecified atom stereocenters. The number of alkyl halides is 3. The molecule has 2 aromatic rings. The van der Waals surface area contributed by atoms with Gasteiger partial charge in [-0.05, 0) is 117 Å². The molecular formula is C30H33F3O. The van der Waals surface area contributed by atoms with Crippen LogP contribution < -0.4 is 4.74 Å². The van der Waals surface area contributed by atoms with E-state index in [2.05, 4.69) is 53.9 Å². The number of halogens is 3. The Morgan fingerprint density at radius 3 is 2.29 bits per heavy atom. The van der Waals surface area contributed by atoms with Gasteiger partial charge in [0.1, 0.15) is 5.75 Å². The highest BCUT2D eigenvalue weighted by Gasteiger charge is 2.31. The minimum Gasteiger partial charge on any atom is -0.406 e. The van der Waals surface area contributed by atoms with Crippen molar-refractivity contribution in [1.29, 1.82) is 0 Å². The quantitative estimate of drug-likeness (QED) is 0.318. The van der Waals surface area contributed by atoms with E-state index in [1.165, 1.54) is 74.6 Å². The highest BCUT2D eigenvalue weighted by atomic mass is 19.4. The second-order valence-electron chi connectivity index (χ2n) is 9.74. The summed E-state index contributed by atoms with van der Waals surface area (Å²) in [6, 6.07) is 12.2. The minimum atomic E-state index is -4.68. The number of ether oxygens (including phenoxy) is 1. The van der Waals surface area contributed by atoms with Crippen LogP contribution in [0.25, 0.3) is 0 Å². The Morgan fingerprint density at radius 2 is 1.59 bits per heavy atom. The van der Waals surface area contributed by atoms with Crippen LogP contribution in [0.5, 0.6) is 5.75 Å². The van der Waals surface area contributed by atoms with Crippen LogP contribution in [0.4, 0.5) is 13.2 Å². The second-order valence-corrected chi connectivity index (χ2v) is 9.74. The van der Waals surface area contributed by atoms with Crippen LogP contribution in [0.2, 0.25) is 0 Å². The van der Waals surface area contributed by atoms with Crippen LogP contribution in [0.1, 0.15) is 74.1 Å². The van der Waals surface area contributed by atoms with E-state index in [1.54, 1.807) is 12.1 Å². The predicted molar refractivity (Wildman–Crippen MR) is 131 cm³/mol. The summed E-state index contributed by atoms with van der Waals surface area (Å²) in [5.41, 5.74) is 4.48. The fourth-order valence-corrected chi connectivity index (χ4v) is 5.59. The average Bonchev–Trinajstić information content (AvgIpc) is 2.83. The van der Waals surface area contributed by atoms with Crippen molar-refractivity contribution in [1.82, 2.24) is 0 Å². The molecule has 1 saturated carbocycles. The zero-order chi connectivity index (χ0) is 24.0. The number of hydrogen-bond donors (Lipinski definition) is 0. The maximum Gasteiger partial charge on any atom is 0.573 e. The highest BCUT2D eigenvalue weighted by molar-refractivity contribution is 5.47. The summed E-state index contributed by atoms with van der Waals surface area (Å²) in [5.74, 6) is 8.57. The lowest BCUT2D eigenvalue weighted by Crippen LogP contribution is -2.26. The van der Waals surface area contributed by atoms with Gasteiger partial charge in [-0.1, -0.05) is 42.9 Å². The summed E-state index contributed by atoms with van der Waals surface area (Å²) in [7, 11) is 0. The summed E-state index contributed by atoms with van der Waals surface area (Å²) in [5, 5.41) is 0. The predicted octanol–water partition coefficient (Wildman–Crippen LogP) is 8.25. The van der Waals surface area contributed by atoms with Crippen molar-refractivity contribution in [3.05, 3.63) is 76.9 Å². The number of hydrogen-bond acceptors (Lipinski definition) is 1. The van der Waals surface area contributed by atoms with Gasteiger partial charge in [0.05, 0.1) is 0 Å². The second kappa shape index (κ2) is 11.2. The van der Waals surface area contributed by atoms with Crippen molar-refractivity contribution in [2.75, 3.05) is 0 Å². The van der Waals surface area contributed by atoms with Gasteiger partial charge in [0.15, 0.2) is 0 Å². The van der Waals surface area contributed by atoms with Crippen molar-refractivity contribution in [2.45, 2.75) is 71.1 Å². The van der Waals surface area contributed by atoms with Gasteiger partial charge in [-0.15, -0.1) is 13.2 Å². The zero-order valence-electron chi connectivity index (χ0n) is 19.8. The molecule has 0 aromatic heterocycles. The molecule has 2 aliphatic carbocycles. The van der Waals surface area contributed by atoms with Crippen molar-refractivity contribution >= 4 is 0 Å². The molecule has 0 saturated heterocycles. The molecule has 180 valence electrons. The molecule has 1 nitrogen and oxygen atoms in total. The molecule has 2 aromatic carbocycles. The van der Waals surface area contributed by atoms with Crippen LogP contribution in [0.3, 0.4) is 0 Å². The summed E-state index contributed by atoms with van der Waals surface area (Å²) < 4.78 is 40.8. The molecule has 34 heavy (non-hydrogen) atoms. The largest absolute Gasteiger partial charge is 0.573 e. The maximum absolute atomic E-state index is 12.3. The Morgan fingerprint density at radius 1 is 0.882 bits per heavy atom. The number of fused-ring (bicyclic) bond motifs is 1. The van der Waals surface area contributed by atoms with Crippen LogP contribution in [-0.4, -0.2) is 6.36 Å². The lowest BCUT2D eigenvalue weighted by atomic mass is 9.69. The van der Waals surface area contributed by atoms with Gasteiger partial charge >= 0.3 is 6.36 Å². The van der Waals surface area contributed by atoms with Gasteiger partial charge in [-0.2, -0.15) is 0 Å². The Balaban J connectivity index is 1.32. The highest BCUT2D eigenvalue weighted by Crippen LogP contribution is 2.40. The first-order valence-electron chi connectivity index (χ1n) is 12.5. The van der Waals surface area contributed by atoms with Crippen LogP contribution in [-0.2, 0) is 12.8 Å². The lowest BCUT2D eigenvalue weighted by Gasteiger charge is -2.36. The standard InChI is InChI=1S/C30H33F3O/c1-2-3-4-5-22-8-13-25(14-9-22)27-17-16-26-20-24(10-15-28(26)21-27)7-6-23-11-18-29(19-12-23)34-30(31,32)33/h2-3,10-12,15,18-20,22,25,27H,4-5,8-9,13-14,16-17,21H2,1H3/b3-2+. The molecule has 0 N–H and O–H groups in total. The van der Waals surface area contributed by atoms with Crippen molar-refractivity contribution in [2.24, 2.45) is 17.8 Å². The Bertz CT molecular complexity index is 1030. The molecule has 0 spiro atoms. The minimum absolute atomic E-state index is 0.233. The van der Waals surface area contributed by atoms with E-state index < -0.39 is 6.36 Å². The van der Waals surface area contributed by atoms with Crippen molar-refractivity contribution in [3.63, 3.8) is 0 Å². The summed E-state index contributed by atoms with van der Waals surface area (Å²) in [6.45, 7) is 2.10. The summed E-state index contributed by atoms with van der Waals surface area (Å²) in [6.07, 6.45) is 11.5. The van der Waals surface area contributed by atoms with E-state index in [4.69, 9.17) is 0 Å². The molecule has 0 amide bonds. The van der Waals surface area contributed by atoms with Crippen molar-refractivity contribution < 1.29 is 17.9 Å². The lowest BCUT2D eigenvalue weighted by molar-refractivity contribution is -0.274. The monoisotopic (exact) mass is 466 g/mol. The topological polar surface area (TPSA) is 9.23 Å². The first kappa shape index (κ1) is 24.5. The van der Waals surface area contributed by atoms with Gasteiger partial charge < -0.3 is 4.74 Å². The molecule has 4 heteroatoms. The van der Waals surface area contributed by atoms with Crippen LogP contribution >= 0.6 is 0 Å². The number of allylic oxidation sites excluding steroid dienone is 2. The normalized spacial score (nSPS) is 22.6. The van der Waals surface area contributed by atoms with Crippen LogP contribution in [0, 0.1) is 29.6 Å². The molecule has 0 radical (unpaired) electrons. The maximum atomic E-state index is 12.3. The molecule has 2 aliphatic rings. The van der Waals surface area contributed by atoms with Gasteiger partial charge in [0.25, 0.3) is 0 Å². The molecule has 1 atom stereocenters. The smallest absolute Gasteiger partial charge is 0.406 e. The third kappa shape index (κ3) is 6.92. The van der Waals surface area contributed by atoms with E-state index in [-0.39, 0.29) is 5.75 Å². The van der Waals surface area contributed by atoms with E-state index in [1.807, 2.05) is 0 Å². The zero-order valence-corrected chi connectivity index (χ0v) is 19.8. The van der Waals surface area contributed by atoms with E-state index in [0.717, 1.165) is 29.7 Å². The Hall–Kier alpha value is -2.67. The number of aryl methyl sites for hydroxylation is 1. The summed E-state index contributed by atoms with van der Waals surface area (Å²) >= 11 is 0. The van der Waals surface area contributed by atoms with Gasteiger partial charge in [0.2, 0.25) is 0 Å². The molecule has 1 fully saturated rings. The summed E-state index contributed by atoms with van der Waals surface area (Å²) in [4.78, 5) is 0. The number of benzene rings is 2. The van der Waals surface area contributed by atoms with Crippen molar-refractivity contribution in [3.8, 4) is 17.6 Å². The molecule has 0 aliphatic heterocycles. The molecule has 0 heterocycles. The first-order valence-corrected chi connectivity index (χ1v) is 12.5. The van der Waals surface area contributed by atoms with Crippen LogP contribution in [0.15, 0.2) is 54.6 Å². The van der Waals surface area contributed by atoms with Gasteiger partial charge in [0, 0.05) is 11.1 Å². The Kier molecular flexibility index (Phi) is 8.03. The fraction of sp³-hybridized carbons (Fsp3) is 0.467.